The summed E-state index contributed by atoms with van der Waals surface area (Å²) >= 11 is 0. The lowest BCUT2D eigenvalue weighted by Crippen LogP contribution is -2.47. The molecule has 0 aromatic heterocycles. The van der Waals surface area contributed by atoms with Crippen LogP contribution < -0.4 is 0 Å². The van der Waals surface area contributed by atoms with Crippen LogP contribution in [0, 0.1) is 17.0 Å². The van der Waals surface area contributed by atoms with Crippen molar-refractivity contribution in [1.82, 2.24) is 4.90 Å². The van der Waals surface area contributed by atoms with E-state index < -0.39 is 11.6 Å². The van der Waals surface area contributed by atoms with E-state index in [0.717, 1.165) is 51.4 Å². The molecule has 140 valence electrons. The minimum absolute atomic E-state index is 0.0268. The fourth-order valence-electron chi connectivity index (χ4n) is 4.05. The summed E-state index contributed by atoms with van der Waals surface area (Å²) in [7, 11) is 0. The van der Waals surface area contributed by atoms with Crippen molar-refractivity contribution in [3.05, 3.63) is 71.3 Å². The van der Waals surface area contributed by atoms with E-state index in [1.165, 1.54) is 17.7 Å². The van der Waals surface area contributed by atoms with Crippen molar-refractivity contribution in [2.75, 3.05) is 26.2 Å². The quantitative estimate of drug-likeness (QED) is 0.800. The molecule has 4 heteroatoms. The largest absolute Gasteiger partial charge is 0.396 e. The first-order chi connectivity index (χ1) is 12.6. The molecule has 1 atom stereocenters. The number of nitrogens with zero attached hydrogens (tertiary/aromatic N) is 1. The molecule has 1 fully saturated rings. The van der Waals surface area contributed by atoms with Crippen molar-refractivity contribution >= 4 is 0 Å². The number of halogens is 2. The standard InChI is InChI=1S/C22H27F2NO/c23-20-10-9-19(21(24)14-20)15-22(17-26)11-5-13-25(16-22)12-4-8-18-6-2-1-3-7-18/h1-3,6-7,9-10,14,26H,4-5,8,11-13,15-17H2. The molecule has 1 N–H and O–H groups in total. The minimum atomic E-state index is -0.560. The van der Waals surface area contributed by atoms with Gasteiger partial charge in [0.15, 0.2) is 0 Å². The van der Waals surface area contributed by atoms with E-state index in [9.17, 15) is 13.9 Å². The van der Waals surface area contributed by atoms with E-state index in [2.05, 4.69) is 29.2 Å². The molecule has 2 aromatic rings. The lowest BCUT2D eigenvalue weighted by Gasteiger charge is -2.42. The second-order valence-corrected chi connectivity index (χ2v) is 7.54. The predicted octanol–water partition coefficient (Wildman–Crippen LogP) is 4.21. The predicted molar refractivity (Wildman–Crippen MR) is 100 cm³/mol. The van der Waals surface area contributed by atoms with Gasteiger partial charge in [-0.15, -0.1) is 0 Å². The molecule has 0 aliphatic carbocycles. The van der Waals surface area contributed by atoms with Gasteiger partial charge in [0, 0.05) is 18.0 Å². The molecule has 1 saturated heterocycles. The first-order valence-corrected chi connectivity index (χ1v) is 9.41. The van der Waals surface area contributed by atoms with Gasteiger partial charge in [-0.05, 0) is 62.4 Å². The molecule has 3 rings (SSSR count). The summed E-state index contributed by atoms with van der Waals surface area (Å²) in [5, 5.41) is 10.0. The average Bonchev–Trinajstić information content (AvgIpc) is 2.65. The van der Waals surface area contributed by atoms with Gasteiger partial charge in [0.05, 0.1) is 6.61 Å². The van der Waals surface area contributed by atoms with E-state index in [1.54, 1.807) is 0 Å². The molecule has 0 bridgehead atoms. The van der Waals surface area contributed by atoms with Crippen molar-refractivity contribution < 1.29 is 13.9 Å². The summed E-state index contributed by atoms with van der Waals surface area (Å²) in [6.45, 7) is 2.78. The Morgan fingerprint density at radius 2 is 1.88 bits per heavy atom. The van der Waals surface area contributed by atoms with Gasteiger partial charge in [0.1, 0.15) is 11.6 Å². The fourth-order valence-corrected chi connectivity index (χ4v) is 4.05. The third-order valence-electron chi connectivity index (χ3n) is 5.44. The number of piperidine rings is 1. The molecule has 0 saturated carbocycles. The Labute approximate surface area is 154 Å². The fraction of sp³-hybridized carbons (Fsp3) is 0.455. The van der Waals surface area contributed by atoms with Crippen molar-refractivity contribution in [2.45, 2.75) is 32.1 Å². The summed E-state index contributed by atoms with van der Waals surface area (Å²) in [5.74, 6) is -1.07. The zero-order valence-corrected chi connectivity index (χ0v) is 15.1. The van der Waals surface area contributed by atoms with Crippen LogP contribution in [0.15, 0.2) is 48.5 Å². The van der Waals surface area contributed by atoms with E-state index in [4.69, 9.17) is 0 Å². The van der Waals surface area contributed by atoms with Crippen molar-refractivity contribution in [1.29, 1.82) is 0 Å². The van der Waals surface area contributed by atoms with E-state index in [-0.39, 0.29) is 12.0 Å². The second-order valence-electron chi connectivity index (χ2n) is 7.54. The molecule has 2 nitrogen and oxygen atoms in total. The number of aliphatic hydroxyl groups excluding tert-OH is 1. The van der Waals surface area contributed by atoms with Gasteiger partial charge in [-0.3, -0.25) is 0 Å². The Hall–Kier alpha value is -1.78. The third kappa shape index (κ3) is 4.89. The Morgan fingerprint density at radius 3 is 2.62 bits per heavy atom. The molecular formula is C22H27F2NO. The normalized spacial score (nSPS) is 21.0. The molecule has 0 amide bonds. The zero-order chi connectivity index (χ0) is 18.4. The van der Waals surface area contributed by atoms with Crippen LogP contribution in [0.1, 0.15) is 30.4 Å². The van der Waals surface area contributed by atoms with Gasteiger partial charge < -0.3 is 10.0 Å². The Balaban J connectivity index is 1.59. The van der Waals surface area contributed by atoms with E-state index in [1.807, 2.05) is 6.07 Å². The average molecular weight is 359 g/mol. The highest BCUT2D eigenvalue weighted by Gasteiger charge is 2.35. The number of aliphatic hydroxyl groups is 1. The maximum atomic E-state index is 14.1. The Kier molecular flexibility index (Phi) is 6.38. The van der Waals surface area contributed by atoms with Gasteiger partial charge >= 0.3 is 0 Å². The SMILES string of the molecule is OCC1(Cc2ccc(F)cc2F)CCCN(CCCc2ccccc2)C1. The summed E-state index contributed by atoms with van der Waals surface area (Å²) in [6, 6.07) is 14.2. The first-order valence-electron chi connectivity index (χ1n) is 9.41. The molecular weight excluding hydrogens is 332 g/mol. The van der Waals surface area contributed by atoms with Gasteiger partial charge in [0.25, 0.3) is 0 Å². The number of rotatable bonds is 7. The van der Waals surface area contributed by atoms with Crippen molar-refractivity contribution in [3.8, 4) is 0 Å². The van der Waals surface area contributed by atoms with Crippen LogP contribution in [0.4, 0.5) is 8.78 Å². The number of likely N-dealkylation sites (tertiary alicyclic amines) is 1. The maximum absolute atomic E-state index is 14.1. The molecule has 2 aromatic carbocycles. The zero-order valence-electron chi connectivity index (χ0n) is 15.1. The van der Waals surface area contributed by atoms with E-state index >= 15 is 0 Å². The Bertz CT molecular complexity index is 707. The topological polar surface area (TPSA) is 23.5 Å². The molecule has 1 aliphatic rings. The lowest BCUT2D eigenvalue weighted by atomic mass is 9.75. The molecule has 0 spiro atoms. The van der Waals surface area contributed by atoms with Gasteiger partial charge in [0.2, 0.25) is 0 Å². The van der Waals surface area contributed by atoms with Crippen LogP contribution in [0.2, 0.25) is 0 Å². The minimum Gasteiger partial charge on any atom is -0.396 e. The number of benzene rings is 2. The van der Waals surface area contributed by atoms with Crippen molar-refractivity contribution in [3.63, 3.8) is 0 Å². The van der Waals surface area contributed by atoms with Crippen LogP contribution in [-0.2, 0) is 12.8 Å². The monoisotopic (exact) mass is 359 g/mol. The second kappa shape index (κ2) is 8.74. The number of aryl methyl sites for hydroxylation is 1. The summed E-state index contributed by atoms with van der Waals surface area (Å²) < 4.78 is 27.2. The molecule has 1 aliphatic heterocycles. The van der Waals surface area contributed by atoms with Crippen LogP contribution in [-0.4, -0.2) is 36.2 Å². The maximum Gasteiger partial charge on any atom is 0.129 e. The number of hydrogen-bond donors (Lipinski definition) is 1. The lowest BCUT2D eigenvalue weighted by molar-refractivity contribution is 0.0314. The van der Waals surface area contributed by atoms with Gasteiger partial charge in [-0.25, -0.2) is 8.78 Å². The summed E-state index contributed by atoms with van der Waals surface area (Å²) in [6.07, 6.45) is 4.42. The van der Waals surface area contributed by atoms with Gasteiger partial charge in [-0.1, -0.05) is 36.4 Å². The summed E-state index contributed by atoms with van der Waals surface area (Å²) in [5.41, 5.74) is 1.49. The smallest absolute Gasteiger partial charge is 0.129 e. The van der Waals surface area contributed by atoms with Crippen LogP contribution in [0.3, 0.4) is 0 Å². The highest BCUT2D eigenvalue weighted by Crippen LogP contribution is 2.34. The van der Waals surface area contributed by atoms with E-state index in [0.29, 0.717) is 12.0 Å². The van der Waals surface area contributed by atoms with Crippen LogP contribution in [0.5, 0.6) is 0 Å². The molecule has 1 unspecified atom stereocenters. The first kappa shape index (κ1) is 19.0. The van der Waals surface area contributed by atoms with Crippen LogP contribution in [0.25, 0.3) is 0 Å². The molecule has 0 radical (unpaired) electrons. The van der Waals surface area contributed by atoms with Crippen molar-refractivity contribution in [2.24, 2.45) is 5.41 Å². The Morgan fingerprint density at radius 1 is 1.08 bits per heavy atom. The van der Waals surface area contributed by atoms with Crippen LogP contribution >= 0.6 is 0 Å². The highest BCUT2D eigenvalue weighted by molar-refractivity contribution is 5.20. The third-order valence-corrected chi connectivity index (χ3v) is 5.44. The molecule has 26 heavy (non-hydrogen) atoms. The molecule has 1 heterocycles. The summed E-state index contributed by atoms with van der Waals surface area (Å²) in [4.78, 5) is 2.38. The highest BCUT2D eigenvalue weighted by atomic mass is 19.1. The number of hydrogen-bond acceptors (Lipinski definition) is 2. The van der Waals surface area contributed by atoms with Gasteiger partial charge in [-0.2, -0.15) is 0 Å².